The van der Waals surface area contributed by atoms with E-state index in [0.717, 1.165) is 12.3 Å². The highest BCUT2D eigenvalue weighted by Gasteiger charge is 2.31. The standard InChI is InChI=1S/C9H7ClF3N/c10-5-1-2-7-3-4-8(14-6-7)9(11,12)13/h1-4,6H,5H2. The fraction of sp³-hybridized carbons (Fsp3) is 0.222. The quantitative estimate of drug-likeness (QED) is 0.698. The average Bonchev–Trinajstić information content (AvgIpc) is 2.14. The number of nitrogens with zero attached hydrogens (tertiary/aromatic N) is 1. The van der Waals surface area contributed by atoms with Gasteiger partial charge >= 0.3 is 6.18 Å². The summed E-state index contributed by atoms with van der Waals surface area (Å²) in [7, 11) is 0. The second-order valence-electron chi connectivity index (χ2n) is 2.53. The number of alkyl halides is 4. The van der Waals surface area contributed by atoms with Crippen LogP contribution in [0.5, 0.6) is 0 Å². The van der Waals surface area contributed by atoms with Crippen LogP contribution in [0.1, 0.15) is 11.3 Å². The zero-order valence-electron chi connectivity index (χ0n) is 7.05. The Labute approximate surface area is 84.2 Å². The van der Waals surface area contributed by atoms with Crippen LogP contribution in [0.3, 0.4) is 0 Å². The molecule has 5 heteroatoms. The molecule has 0 bridgehead atoms. The first-order valence-electron chi connectivity index (χ1n) is 3.80. The Kier molecular flexibility index (Phi) is 3.52. The summed E-state index contributed by atoms with van der Waals surface area (Å²) in [5, 5.41) is 0. The Balaban J connectivity index is 2.84. The Morgan fingerprint density at radius 2 is 2.07 bits per heavy atom. The summed E-state index contributed by atoms with van der Waals surface area (Å²) >= 11 is 5.37. The fourth-order valence-corrected chi connectivity index (χ4v) is 0.941. The predicted octanol–water partition coefficient (Wildman–Crippen LogP) is 3.35. The largest absolute Gasteiger partial charge is 0.433 e. The number of aromatic nitrogens is 1. The van der Waals surface area contributed by atoms with Gasteiger partial charge in [0.15, 0.2) is 0 Å². The van der Waals surface area contributed by atoms with Gasteiger partial charge in [-0.3, -0.25) is 4.98 Å². The van der Waals surface area contributed by atoms with Gasteiger partial charge in [-0.15, -0.1) is 11.6 Å². The number of rotatable bonds is 2. The maximum Gasteiger partial charge on any atom is 0.433 e. The van der Waals surface area contributed by atoms with Crippen LogP contribution in [-0.4, -0.2) is 10.9 Å². The van der Waals surface area contributed by atoms with E-state index in [9.17, 15) is 13.2 Å². The van der Waals surface area contributed by atoms with E-state index in [2.05, 4.69) is 4.98 Å². The van der Waals surface area contributed by atoms with Crippen molar-refractivity contribution >= 4 is 17.7 Å². The van der Waals surface area contributed by atoms with E-state index in [-0.39, 0.29) is 0 Å². The highest BCUT2D eigenvalue weighted by atomic mass is 35.5. The van der Waals surface area contributed by atoms with Crippen LogP contribution in [0.15, 0.2) is 24.4 Å². The highest BCUT2D eigenvalue weighted by Crippen LogP contribution is 2.27. The average molecular weight is 222 g/mol. The van der Waals surface area contributed by atoms with Gasteiger partial charge in [0.1, 0.15) is 5.69 Å². The van der Waals surface area contributed by atoms with Gasteiger partial charge in [-0.25, -0.2) is 0 Å². The third-order valence-corrected chi connectivity index (χ3v) is 1.65. The normalized spacial score (nSPS) is 12.3. The van der Waals surface area contributed by atoms with E-state index >= 15 is 0 Å². The number of halogens is 4. The molecule has 0 radical (unpaired) electrons. The molecule has 0 aliphatic rings. The lowest BCUT2D eigenvalue weighted by Gasteiger charge is -2.04. The first kappa shape index (κ1) is 11.0. The second-order valence-corrected chi connectivity index (χ2v) is 2.84. The maximum atomic E-state index is 12.1. The number of hydrogen-bond donors (Lipinski definition) is 0. The second kappa shape index (κ2) is 4.46. The molecule has 1 aromatic rings. The summed E-state index contributed by atoms with van der Waals surface area (Å²) in [5.74, 6) is 0.320. The molecule has 0 atom stereocenters. The minimum Gasteiger partial charge on any atom is -0.251 e. The van der Waals surface area contributed by atoms with Crippen LogP contribution in [0.2, 0.25) is 0 Å². The summed E-state index contributed by atoms with van der Waals surface area (Å²) in [6, 6.07) is 2.28. The van der Waals surface area contributed by atoms with Crippen molar-refractivity contribution in [3.63, 3.8) is 0 Å². The van der Waals surface area contributed by atoms with Gasteiger partial charge in [-0.05, 0) is 11.6 Å². The molecule has 1 rings (SSSR count). The summed E-state index contributed by atoms with van der Waals surface area (Å²) in [6.07, 6.45) is 0.0204. The van der Waals surface area contributed by atoms with Crippen molar-refractivity contribution in [3.8, 4) is 0 Å². The van der Waals surface area contributed by atoms with Gasteiger partial charge in [0.2, 0.25) is 0 Å². The Morgan fingerprint density at radius 1 is 1.36 bits per heavy atom. The minimum atomic E-state index is -4.38. The van der Waals surface area contributed by atoms with E-state index in [1.165, 1.54) is 6.07 Å². The Morgan fingerprint density at radius 3 is 2.50 bits per heavy atom. The molecule has 1 nitrogen and oxygen atoms in total. The van der Waals surface area contributed by atoms with E-state index in [1.807, 2.05) is 0 Å². The maximum absolute atomic E-state index is 12.1. The molecule has 1 aromatic heterocycles. The number of allylic oxidation sites excluding steroid dienone is 1. The van der Waals surface area contributed by atoms with E-state index in [0.29, 0.717) is 11.4 Å². The molecule has 0 aromatic carbocycles. The predicted molar refractivity (Wildman–Crippen MR) is 49.0 cm³/mol. The lowest BCUT2D eigenvalue weighted by atomic mass is 10.2. The third-order valence-electron chi connectivity index (χ3n) is 1.48. The molecule has 0 N–H and O–H groups in total. The summed E-state index contributed by atoms with van der Waals surface area (Å²) < 4.78 is 36.2. The van der Waals surface area contributed by atoms with Gasteiger partial charge in [0, 0.05) is 12.1 Å². The molecule has 0 fully saturated rings. The zero-order chi connectivity index (χ0) is 10.6. The molecule has 0 saturated heterocycles. The number of hydrogen-bond acceptors (Lipinski definition) is 1. The molecule has 1 heterocycles. The van der Waals surface area contributed by atoms with Crippen molar-refractivity contribution in [2.75, 3.05) is 5.88 Å². The van der Waals surface area contributed by atoms with E-state index < -0.39 is 11.9 Å². The fourth-order valence-electron chi connectivity index (χ4n) is 0.852. The molecule has 0 aliphatic carbocycles. The Hall–Kier alpha value is -1.03. The van der Waals surface area contributed by atoms with Crippen LogP contribution in [-0.2, 0) is 6.18 Å². The van der Waals surface area contributed by atoms with Gasteiger partial charge < -0.3 is 0 Å². The van der Waals surface area contributed by atoms with Gasteiger partial charge in [0.25, 0.3) is 0 Å². The molecule has 0 saturated carbocycles. The molecular formula is C9H7ClF3N. The van der Waals surface area contributed by atoms with Crippen LogP contribution in [0, 0.1) is 0 Å². The van der Waals surface area contributed by atoms with Crippen molar-refractivity contribution in [2.24, 2.45) is 0 Å². The monoisotopic (exact) mass is 221 g/mol. The molecule has 0 aliphatic heterocycles. The Bertz CT molecular complexity index is 316. The van der Waals surface area contributed by atoms with Crippen molar-refractivity contribution in [1.29, 1.82) is 0 Å². The lowest BCUT2D eigenvalue weighted by Crippen LogP contribution is -2.07. The van der Waals surface area contributed by atoms with E-state index in [4.69, 9.17) is 11.6 Å². The zero-order valence-corrected chi connectivity index (χ0v) is 7.81. The molecule has 14 heavy (non-hydrogen) atoms. The van der Waals surface area contributed by atoms with Crippen LogP contribution in [0.4, 0.5) is 13.2 Å². The van der Waals surface area contributed by atoms with E-state index in [1.54, 1.807) is 12.2 Å². The van der Waals surface area contributed by atoms with Crippen molar-refractivity contribution in [2.45, 2.75) is 6.18 Å². The summed E-state index contributed by atoms with van der Waals surface area (Å²) in [5.41, 5.74) is -0.292. The minimum absolute atomic E-state index is 0.320. The van der Waals surface area contributed by atoms with Crippen LogP contribution < -0.4 is 0 Å². The molecule has 0 unspecified atom stereocenters. The van der Waals surface area contributed by atoms with Crippen molar-refractivity contribution in [1.82, 2.24) is 4.98 Å². The lowest BCUT2D eigenvalue weighted by molar-refractivity contribution is -0.141. The molecule has 0 spiro atoms. The van der Waals surface area contributed by atoms with Crippen LogP contribution >= 0.6 is 11.6 Å². The van der Waals surface area contributed by atoms with Crippen molar-refractivity contribution < 1.29 is 13.2 Å². The van der Waals surface area contributed by atoms with Crippen LogP contribution in [0.25, 0.3) is 6.08 Å². The first-order valence-corrected chi connectivity index (χ1v) is 4.33. The highest BCUT2D eigenvalue weighted by molar-refractivity contribution is 6.19. The number of pyridine rings is 1. The third kappa shape index (κ3) is 3.03. The SMILES string of the molecule is FC(F)(F)c1ccc(C=CCCl)cn1. The first-order chi connectivity index (χ1) is 6.54. The topological polar surface area (TPSA) is 12.9 Å². The smallest absolute Gasteiger partial charge is 0.251 e. The van der Waals surface area contributed by atoms with Gasteiger partial charge in [-0.2, -0.15) is 13.2 Å². The van der Waals surface area contributed by atoms with Crippen molar-refractivity contribution in [3.05, 3.63) is 35.7 Å². The summed E-state index contributed by atoms with van der Waals surface area (Å²) in [4.78, 5) is 3.28. The van der Waals surface area contributed by atoms with Gasteiger partial charge in [0.05, 0.1) is 0 Å². The molecule has 76 valence electrons. The molecule has 0 amide bonds. The molecular weight excluding hydrogens is 215 g/mol. The summed E-state index contributed by atoms with van der Waals surface area (Å²) in [6.45, 7) is 0. The van der Waals surface area contributed by atoms with Gasteiger partial charge in [-0.1, -0.05) is 18.2 Å².